The highest BCUT2D eigenvalue weighted by Gasteiger charge is 2.26. The topological polar surface area (TPSA) is 78.3 Å². The third kappa shape index (κ3) is 3.03. The first kappa shape index (κ1) is 15.5. The predicted molar refractivity (Wildman–Crippen MR) is 93.4 cm³/mol. The molecular weight excluding hydrogens is 318 g/mol. The van der Waals surface area contributed by atoms with Crippen LogP contribution < -0.4 is 5.32 Å². The number of nitrogens with one attached hydrogen (secondary N) is 2. The Morgan fingerprint density at radius 3 is 2.76 bits per heavy atom. The molecule has 3 aromatic rings. The smallest absolute Gasteiger partial charge is 0.254 e. The minimum Gasteiger partial charge on any atom is -0.472 e. The summed E-state index contributed by atoms with van der Waals surface area (Å²) in [6.07, 6.45) is 6.26. The van der Waals surface area contributed by atoms with Gasteiger partial charge in [0.2, 0.25) is 0 Å². The summed E-state index contributed by atoms with van der Waals surface area (Å²) in [6.45, 7) is 1.27. The highest BCUT2D eigenvalue weighted by atomic mass is 16.3. The van der Waals surface area contributed by atoms with E-state index >= 15 is 0 Å². The largest absolute Gasteiger partial charge is 0.472 e. The van der Waals surface area contributed by atoms with Gasteiger partial charge < -0.3 is 19.6 Å². The van der Waals surface area contributed by atoms with Gasteiger partial charge in [-0.2, -0.15) is 0 Å². The minimum absolute atomic E-state index is 0.0461. The number of nitrogens with zero attached hydrogens (tertiary/aromatic N) is 1. The van der Waals surface area contributed by atoms with Gasteiger partial charge in [-0.1, -0.05) is 6.07 Å². The Kier molecular flexibility index (Phi) is 4.01. The zero-order valence-corrected chi connectivity index (χ0v) is 13.7. The molecule has 3 heterocycles. The minimum atomic E-state index is -0.129. The molecule has 2 N–H and O–H groups in total. The summed E-state index contributed by atoms with van der Waals surface area (Å²) in [5.74, 6) is -0.0829. The second-order valence-corrected chi connectivity index (χ2v) is 6.30. The van der Waals surface area contributed by atoms with Crippen LogP contribution in [-0.4, -0.2) is 40.8 Å². The normalized spacial score (nSPS) is 15.4. The quantitative estimate of drug-likeness (QED) is 0.771. The van der Waals surface area contributed by atoms with E-state index in [4.69, 9.17) is 4.42 Å². The van der Waals surface area contributed by atoms with Crippen molar-refractivity contribution in [3.63, 3.8) is 0 Å². The Morgan fingerprint density at radius 2 is 2.00 bits per heavy atom. The van der Waals surface area contributed by atoms with Gasteiger partial charge in [-0.05, 0) is 37.1 Å². The average Bonchev–Trinajstić information content (AvgIpc) is 3.33. The molecule has 0 bridgehead atoms. The molecule has 6 nitrogen and oxygen atoms in total. The lowest BCUT2D eigenvalue weighted by Crippen LogP contribution is -2.46. The van der Waals surface area contributed by atoms with E-state index in [2.05, 4.69) is 10.3 Å². The first-order valence-electron chi connectivity index (χ1n) is 8.41. The molecule has 0 atom stereocenters. The molecule has 1 saturated heterocycles. The first-order valence-corrected chi connectivity index (χ1v) is 8.41. The number of rotatable bonds is 3. The molecule has 4 rings (SSSR count). The van der Waals surface area contributed by atoms with Crippen molar-refractivity contribution in [1.29, 1.82) is 0 Å². The molecule has 0 unspecified atom stereocenters. The zero-order chi connectivity index (χ0) is 17.2. The standard InChI is InChI=1S/C19H19N3O3/c23-18(13-7-11-25-12-13)21-14-5-9-22(10-6-14)19(24)16-2-1-3-17-15(16)4-8-20-17/h1-4,7-8,11-12,14,20H,5-6,9-10H2,(H,21,23). The fourth-order valence-electron chi connectivity index (χ4n) is 3.33. The summed E-state index contributed by atoms with van der Waals surface area (Å²) in [5, 5.41) is 3.95. The van der Waals surface area contributed by atoms with Crippen molar-refractivity contribution in [2.45, 2.75) is 18.9 Å². The van der Waals surface area contributed by atoms with Gasteiger partial charge in [0.25, 0.3) is 11.8 Å². The molecule has 0 saturated carbocycles. The molecule has 0 spiro atoms. The Morgan fingerprint density at radius 1 is 1.16 bits per heavy atom. The van der Waals surface area contributed by atoms with E-state index in [-0.39, 0.29) is 17.9 Å². The molecule has 0 radical (unpaired) electrons. The Labute approximate surface area is 144 Å². The van der Waals surface area contributed by atoms with Gasteiger partial charge in [0.05, 0.1) is 11.8 Å². The lowest BCUT2D eigenvalue weighted by Gasteiger charge is -2.32. The molecule has 0 aliphatic carbocycles. The number of benzene rings is 1. The van der Waals surface area contributed by atoms with Gasteiger partial charge in [0, 0.05) is 41.8 Å². The van der Waals surface area contributed by atoms with Gasteiger partial charge in [0.1, 0.15) is 6.26 Å². The van der Waals surface area contributed by atoms with Gasteiger partial charge in [-0.3, -0.25) is 9.59 Å². The van der Waals surface area contributed by atoms with Crippen LogP contribution in [0.3, 0.4) is 0 Å². The van der Waals surface area contributed by atoms with Crippen LogP contribution in [0.25, 0.3) is 10.9 Å². The van der Waals surface area contributed by atoms with Crippen LogP contribution in [-0.2, 0) is 0 Å². The number of likely N-dealkylation sites (tertiary alicyclic amines) is 1. The third-order valence-corrected chi connectivity index (χ3v) is 4.73. The van der Waals surface area contributed by atoms with E-state index in [0.29, 0.717) is 18.7 Å². The molecule has 1 aliphatic rings. The molecular formula is C19H19N3O3. The molecule has 1 aliphatic heterocycles. The Balaban J connectivity index is 1.39. The summed E-state index contributed by atoms with van der Waals surface area (Å²) < 4.78 is 4.93. The van der Waals surface area contributed by atoms with Crippen LogP contribution >= 0.6 is 0 Å². The number of aromatic amines is 1. The fourth-order valence-corrected chi connectivity index (χ4v) is 3.33. The number of hydrogen-bond acceptors (Lipinski definition) is 3. The highest BCUT2D eigenvalue weighted by Crippen LogP contribution is 2.21. The second kappa shape index (κ2) is 6.47. The van der Waals surface area contributed by atoms with Crippen molar-refractivity contribution < 1.29 is 14.0 Å². The number of piperidine rings is 1. The molecule has 6 heteroatoms. The lowest BCUT2D eigenvalue weighted by molar-refractivity contribution is 0.0700. The van der Waals surface area contributed by atoms with E-state index in [1.807, 2.05) is 35.4 Å². The van der Waals surface area contributed by atoms with Gasteiger partial charge in [-0.15, -0.1) is 0 Å². The van der Waals surface area contributed by atoms with Crippen molar-refractivity contribution in [2.24, 2.45) is 0 Å². The molecule has 128 valence electrons. The second-order valence-electron chi connectivity index (χ2n) is 6.30. The number of fused-ring (bicyclic) bond motifs is 1. The van der Waals surface area contributed by atoms with Crippen molar-refractivity contribution >= 4 is 22.7 Å². The van der Waals surface area contributed by atoms with Crippen molar-refractivity contribution in [1.82, 2.24) is 15.2 Å². The average molecular weight is 337 g/mol. The number of aromatic nitrogens is 1. The Hall–Kier alpha value is -3.02. The summed E-state index contributed by atoms with van der Waals surface area (Å²) in [7, 11) is 0. The molecule has 1 aromatic carbocycles. The van der Waals surface area contributed by atoms with Crippen LogP contribution in [0.1, 0.15) is 33.6 Å². The van der Waals surface area contributed by atoms with Crippen molar-refractivity contribution in [3.05, 3.63) is 60.2 Å². The lowest BCUT2D eigenvalue weighted by atomic mass is 10.0. The molecule has 25 heavy (non-hydrogen) atoms. The molecule has 2 amide bonds. The monoisotopic (exact) mass is 337 g/mol. The van der Waals surface area contributed by atoms with Gasteiger partial charge >= 0.3 is 0 Å². The number of carbonyl (C=O) groups is 2. The van der Waals surface area contributed by atoms with Crippen LogP contribution in [0.15, 0.2) is 53.5 Å². The number of H-pyrrole nitrogens is 1. The van der Waals surface area contributed by atoms with Gasteiger partial charge in [0.15, 0.2) is 0 Å². The maximum absolute atomic E-state index is 12.8. The van der Waals surface area contributed by atoms with Crippen molar-refractivity contribution in [2.75, 3.05) is 13.1 Å². The van der Waals surface area contributed by atoms with Crippen LogP contribution in [0.2, 0.25) is 0 Å². The fraction of sp³-hybridized carbons (Fsp3) is 0.263. The number of furan rings is 1. The summed E-state index contributed by atoms with van der Waals surface area (Å²) >= 11 is 0. The SMILES string of the molecule is O=C(NC1CCN(C(=O)c2cccc3[nH]ccc23)CC1)c1ccoc1. The Bertz CT molecular complexity index is 890. The van der Waals surface area contributed by atoms with Gasteiger partial charge in [-0.25, -0.2) is 0 Å². The zero-order valence-electron chi connectivity index (χ0n) is 13.7. The van der Waals surface area contributed by atoms with E-state index in [0.717, 1.165) is 29.3 Å². The third-order valence-electron chi connectivity index (χ3n) is 4.73. The maximum Gasteiger partial charge on any atom is 0.254 e. The summed E-state index contributed by atoms with van der Waals surface area (Å²) in [4.78, 5) is 29.9. The van der Waals surface area contributed by atoms with Crippen molar-refractivity contribution in [3.8, 4) is 0 Å². The number of hydrogen-bond donors (Lipinski definition) is 2. The summed E-state index contributed by atoms with van der Waals surface area (Å²) in [5.41, 5.74) is 2.21. The van der Waals surface area contributed by atoms with E-state index in [1.165, 1.54) is 12.5 Å². The highest BCUT2D eigenvalue weighted by molar-refractivity contribution is 6.06. The van der Waals surface area contributed by atoms with Crippen LogP contribution in [0.5, 0.6) is 0 Å². The molecule has 1 fully saturated rings. The van der Waals surface area contributed by atoms with E-state index in [1.54, 1.807) is 6.07 Å². The maximum atomic E-state index is 12.8. The van der Waals surface area contributed by atoms with E-state index < -0.39 is 0 Å². The van der Waals surface area contributed by atoms with E-state index in [9.17, 15) is 9.59 Å². The predicted octanol–water partition coefficient (Wildman–Crippen LogP) is 2.80. The first-order chi connectivity index (χ1) is 12.2. The number of amides is 2. The van der Waals surface area contributed by atoms with Crippen LogP contribution in [0, 0.1) is 0 Å². The van der Waals surface area contributed by atoms with Crippen LogP contribution in [0.4, 0.5) is 0 Å². The summed E-state index contributed by atoms with van der Waals surface area (Å²) in [6, 6.07) is 9.37. The number of carbonyl (C=O) groups excluding carboxylic acids is 2. The molecule has 2 aromatic heterocycles.